The SMILES string of the molecule is [2H]C(C(C)C)[C@]([2H])(N)C(=O)OC. The van der Waals surface area contributed by atoms with E-state index in [2.05, 4.69) is 4.74 Å². The summed E-state index contributed by atoms with van der Waals surface area (Å²) in [5, 5.41) is 0. The van der Waals surface area contributed by atoms with Crippen molar-refractivity contribution in [2.24, 2.45) is 11.7 Å². The van der Waals surface area contributed by atoms with Gasteiger partial charge in [-0.1, -0.05) is 13.8 Å². The molecule has 2 atom stereocenters. The zero-order valence-corrected chi connectivity index (χ0v) is 6.55. The van der Waals surface area contributed by atoms with Gasteiger partial charge >= 0.3 is 5.97 Å². The van der Waals surface area contributed by atoms with Gasteiger partial charge in [-0.3, -0.25) is 4.79 Å². The van der Waals surface area contributed by atoms with Crippen LogP contribution in [0.3, 0.4) is 0 Å². The number of hydrogen-bond acceptors (Lipinski definition) is 3. The third kappa shape index (κ3) is 3.45. The van der Waals surface area contributed by atoms with Crippen LogP contribution in [0.4, 0.5) is 0 Å². The lowest BCUT2D eigenvalue weighted by Crippen LogP contribution is -2.32. The maximum Gasteiger partial charge on any atom is 0.322 e. The van der Waals surface area contributed by atoms with Crippen molar-refractivity contribution in [3.8, 4) is 0 Å². The van der Waals surface area contributed by atoms with Crippen molar-refractivity contribution in [3.63, 3.8) is 0 Å². The molecule has 3 nitrogen and oxygen atoms in total. The largest absolute Gasteiger partial charge is 0.468 e. The molecule has 0 radical (unpaired) electrons. The third-order valence-corrected chi connectivity index (χ3v) is 0.934. The molecule has 0 aromatic rings. The second kappa shape index (κ2) is 4.28. The molecule has 10 heavy (non-hydrogen) atoms. The zero-order chi connectivity index (χ0) is 9.94. The molecule has 0 amide bonds. The Labute approximate surface area is 64.4 Å². The number of hydrogen-bond donors (Lipinski definition) is 1. The lowest BCUT2D eigenvalue weighted by atomic mass is 10.1. The smallest absolute Gasteiger partial charge is 0.322 e. The second-order valence-electron chi connectivity index (χ2n) is 2.36. The van der Waals surface area contributed by atoms with Crippen molar-refractivity contribution in [1.29, 1.82) is 0 Å². The summed E-state index contributed by atoms with van der Waals surface area (Å²) in [6, 6.07) is -1.96. The first kappa shape index (κ1) is 6.16. The van der Waals surface area contributed by atoms with E-state index in [-0.39, 0.29) is 5.92 Å². The predicted molar refractivity (Wildman–Crippen MR) is 39.4 cm³/mol. The molecule has 0 aliphatic rings. The fraction of sp³-hybridized carbons (Fsp3) is 0.857. The molecule has 0 aromatic carbocycles. The summed E-state index contributed by atoms with van der Waals surface area (Å²) in [6.07, 6.45) is -0.968. The van der Waals surface area contributed by atoms with Gasteiger partial charge in [0.1, 0.15) is 6.02 Å². The van der Waals surface area contributed by atoms with E-state index in [0.717, 1.165) is 7.11 Å². The van der Waals surface area contributed by atoms with Crippen LogP contribution in [0.5, 0.6) is 0 Å². The Morgan fingerprint density at radius 3 is 2.70 bits per heavy atom. The minimum Gasteiger partial charge on any atom is -0.468 e. The van der Waals surface area contributed by atoms with Crippen molar-refractivity contribution in [2.75, 3.05) is 7.11 Å². The van der Waals surface area contributed by atoms with Crippen LogP contribution < -0.4 is 5.73 Å². The van der Waals surface area contributed by atoms with Crippen molar-refractivity contribution in [3.05, 3.63) is 0 Å². The number of rotatable bonds is 3. The number of esters is 1. The Morgan fingerprint density at radius 1 is 1.90 bits per heavy atom. The summed E-state index contributed by atoms with van der Waals surface area (Å²) in [7, 11) is 1.16. The molecule has 1 unspecified atom stereocenters. The third-order valence-electron chi connectivity index (χ3n) is 0.934. The maximum atomic E-state index is 10.9. The van der Waals surface area contributed by atoms with Crippen molar-refractivity contribution >= 4 is 5.97 Å². The van der Waals surface area contributed by atoms with Crippen LogP contribution in [0.2, 0.25) is 0 Å². The molecule has 3 heteroatoms. The summed E-state index contributed by atoms with van der Waals surface area (Å²) in [5.74, 6) is -1.01. The molecular weight excluding hydrogens is 130 g/mol. The fourth-order valence-electron chi connectivity index (χ4n) is 0.545. The standard InChI is InChI=1S/C7H15NO2/c1-5(2)4-6(8)7(9)10-3/h5-6H,4,8H2,1-3H3/t6-/m0/s1/i4D,6D/t4?,6-. The average Bonchev–Trinajstić information content (AvgIpc) is 2.01. The molecule has 0 bridgehead atoms. The highest BCUT2D eigenvalue weighted by molar-refractivity contribution is 5.75. The Kier molecular flexibility index (Phi) is 2.64. The van der Waals surface area contributed by atoms with Gasteiger partial charge in [0.2, 0.25) is 0 Å². The fourth-order valence-corrected chi connectivity index (χ4v) is 0.545. The molecule has 0 saturated carbocycles. The minimum absolute atomic E-state index is 0.147. The highest BCUT2D eigenvalue weighted by atomic mass is 16.5. The van der Waals surface area contributed by atoms with E-state index in [0.29, 0.717) is 0 Å². The molecule has 0 aliphatic carbocycles. The molecule has 0 rings (SSSR count). The number of carbonyl (C=O) groups excluding carboxylic acids is 1. The topological polar surface area (TPSA) is 52.3 Å². The average molecular weight is 147 g/mol. The molecule has 0 aromatic heterocycles. The van der Waals surface area contributed by atoms with Crippen LogP contribution in [0.1, 0.15) is 23.0 Å². The summed E-state index contributed by atoms with van der Waals surface area (Å²) in [6.45, 7) is 3.47. The summed E-state index contributed by atoms with van der Waals surface area (Å²) >= 11 is 0. The number of methoxy groups -OCH3 is 1. The summed E-state index contributed by atoms with van der Waals surface area (Å²) in [4.78, 5) is 10.9. The van der Waals surface area contributed by atoms with Crippen LogP contribution >= 0.6 is 0 Å². The van der Waals surface area contributed by atoms with Crippen LogP contribution in [-0.2, 0) is 9.53 Å². The van der Waals surface area contributed by atoms with E-state index < -0.39 is 18.4 Å². The highest BCUT2D eigenvalue weighted by Crippen LogP contribution is 2.02. The van der Waals surface area contributed by atoms with Crippen molar-refractivity contribution < 1.29 is 12.3 Å². The number of ether oxygens (including phenoxy) is 1. The van der Waals surface area contributed by atoms with Gasteiger partial charge in [-0.05, 0) is 12.3 Å². The van der Waals surface area contributed by atoms with Gasteiger partial charge in [-0.15, -0.1) is 0 Å². The van der Waals surface area contributed by atoms with E-state index in [1.165, 1.54) is 0 Å². The Morgan fingerprint density at radius 2 is 2.40 bits per heavy atom. The minimum atomic E-state index is -1.96. The summed E-state index contributed by atoms with van der Waals surface area (Å²) < 4.78 is 19.1. The van der Waals surface area contributed by atoms with Crippen LogP contribution in [0.15, 0.2) is 0 Å². The first-order valence-electron chi connectivity index (χ1n) is 4.21. The number of carbonyl (C=O) groups is 1. The summed E-state index contributed by atoms with van der Waals surface area (Å²) in [5.41, 5.74) is 5.32. The maximum absolute atomic E-state index is 10.9. The first-order valence-corrected chi connectivity index (χ1v) is 3.13. The van der Waals surface area contributed by atoms with E-state index in [1.807, 2.05) is 0 Å². The van der Waals surface area contributed by atoms with Gasteiger partial charge in [0.15, 0.2) is 0 Å². The van der Waals surface area contributed by atoms with E-state index >= 15 is 0 Å². The Balaban J connectivity index is 4.48. The lowest BCUT2D eigenvalue weighted by Gasteiger charge is -2.10. The monoisotopic (exact) mass is 147 g/mol. The molecule has 2 N–H and O–H groups in total. The molecular formula is C7H15NO2. The van der Waals surface area contributed by atoms with Crippen LogP contribution in [0, 0.1) is 5.92 Å². The normalized spacial score (nSPS) is 22.5. The van der Waals surface area contributed by atoms with E-state index in [9.17, 15) is 4.79 Å². The van der Waals surface area contributed by atoms with Gasteiger partial charge in [0.25, 0.3) is 0 Å². The van der Waals surface area contributed by atoms with Crippen LogP contribution in [0.25, 0.3) is 0 Å². The second-order valence-corrected chi connectivity index (χ2v) is 2.36. The zero-order valence-electron chi connectivity index (χ0n) is 8.55. The van der Waals surface area contributed by atoms with Gasteiger partial charge in [0.05, 0.1) is 8.48 Å². The van der Waals surface area contributed by atoms with Crippen molar-refractivity contribution in [1.82, 2.24) is 0 Å². The lowest BCUT2D eigenvalue weighted by molar-refractivity contribution is -0.142. The quantitative estimate of drug-likeness (QED) is 0.592. The number of nitrogens with two attached hydrogens (primary N) is 1. The molecule has 0 fully saturated rings. The van der Waals surface area contributed by atoms with Gasteiger partial charge < -0.3 is 10.5 Å². The van der Waals surface area contributed by atoms with Gasteiger partial charge in [-0.2, -0.15) is 0 Å². The van der Waals surface area contributed by atoms with E-state index in [4.69, 9.17) is 8.48 Å². The van der Waals surface area contributed by atoms with E-state index in [1.54, 1.807) is 13.8 Å². The highest BCUT2D eigenvalue weighted by Gasteiger charge is 2.14. The molecule has 0 saturated heterocycles. The predicted octanol–water partition coefficient (Wildman–Crippen LogP) is 0.533. The van der Waals surface area contributed by atoms with Gasteiger partial charge in [0, 0.05) is 1.37 Å². The molecule has 60 valence electrons. The Bertz CT molecular complexity index is 171. The van der Waals surface area contributed by atoms with Crippen molar-refractivity contribution in [2.45, 2.75) is 26.3 Å². The van der Waals surface area contributed by atoms with Crippen LogP contribution in [-0.4, -0.2) is 19.1 Å². The first-order chi connectivity index (χ1) is 5.34. The molecule has 0 heterocycles. The molecule has 0 aliphatic heterocycles. The van der Waals surface area contributed by atoms with Gasteiger partial charge in [-0.25, -0.2) is 0 Å². The Hall–Kier alpha value is -0.570. The molecule has 0 spiro atoms.